The maximum absolute atomic E-state index is 15.3. The first-order chi connectivity index (χ1) is 31.3. The second-order valence-electron chi connectivity index (χ2n) is 23.4. The summed E-state index contributed by atoms with van der Waals surface area (Å²) in [5.74, 6) is -1.59. The minimum Gasteiger partial charge on any atom is -0.432 e. The molecular weight excluding hydrogens is 881 g/mol. The van der Waals surface area contributed by atoms with Gasteiger partial charge in [-0.25, -0.2) is 0 Å². The molecule has 12 N–H and O–H groups in total. The van der Waals surface area contributed by atoms with Crippen molar-refractivity contribution < 1.29 is 94.5 Å². The van der Waals surface area contributed by atoms with Crippen molar-refractivity contribution in [1.82, 2.24) is 0 Å². The molecule has 0 amide bonds. The van der Waals surface area contributed by atoms with Crippen LogP contribution >= 0.6 is 0 Å². The first kappa shape index (κ1) is 51.9. The highest BCUT2D eigenvalue weighted by atomic mass is 16.8. The van der Waals surface area contributed by atoms with Gasteiger partial charge < -0.3 is 89.7 Å². The van der Waals surface area contributed by atoms with Crippen LogP contribution in [-0.4, -0.2) is 191 Å². The van der Waals surface area contributed by atoms with E-state index < -0.39 is 151 Å². The lowest BCUT2D eigenvalue weighted by atomic mass is 9.33. The maximum Gasteiger partial charge on any atom is 0.311 e. The van der Waals surface area contributed by atoms with Crippen molar-refractivity contribution in [2.24, 2.45) is 56.7 Å². The summed E-state index contributed by atoms with van der Waals surface area (Å²) >= 11 is 0. The van der Waals surface area contributed by atoms with Crippen LogP contribution in [0.4, 0.5) is 0 Å². The predicted molar refractivity (Wildman–Crippen MR) is 231 cm³/mol. The first-order valence-electron chi connectivity index (χ1n) is 24.5. The molecule has 3 saturated heterocycles. The molecule has 26 atom stereocenters. The Morgan fingerprint density at radius 2 is 1.34 bits per heavy atom. The minimum atomic E-state index is -1.92. The van der Waals surface area contributed by atoms with Crippen LogP contribution in [0, 0.1) is 56.7 Å². The number of carbonyl (C=O) groups is 1. The number of ether oxygens (including phenoxy) is 6. The van der Waals surface area contributed by atoms with Crippen molar-refractivity contribution in [1.29, 1.82) is 0 Å². The van der Waals surface area contributed by atoms with Gasteiger partial charge in [-0.15, -0.1) is 0 Å². The number of fused-ring (bicyclic) bond motifs is 7. The normalized spacial score (nSPS) is 55.2. The van der Waals surface area contributed by atoms with Gasteiger partial charge in [0.2, 0.25) is 6.29 Å². The Bertz CT molecular complexity index is 1820. The van der Waals surface area contributed by atoms with Gasteiger partial charge in [0.05, 0.1) is 44.1 Å². The number of aliphatic hydroxyl groups is 12. The number of aliphatic hydroxyl groups excluding tert-OH is 12. The fraction of sp³-hybridized carbons (Fsp3) is 0.938. The zero-order chi connectivity index (χ0) is 49.1. The summed E-state index contributed by atoms with van der Waals surface area (Å²) in [7, 11) is 0. The quantitative estimate of drug-likeness (QED) is 0.0971. The van der Waals surface area contributed by atoms with E-state index in [2.05, 4.69) is 40.7 Å². The standard InChI is InChI=1S/C48H78O19/c1-20-30(52)33(55)37(59)42(63-20)66-38-35(57)32(54)27(18-62-41-36(58)34(56)31(53)26(17-49)64-41)65-43(38)67-40(61)23-15-48(7)24(22-14-44(2,3)12-10-21(22)23)8-9-29-45(4)16-25(51)39(60)46(5,19-50)28(45)11-13-47(29,48)6/h8,20-23,25-39,41-43,49-60H,9-19H2,1-7H3/t20-,21-,22+,23-,25-,26+,27+,28+,29+,30-,31+,32+,33+,34-,35-,36+,37+,38+,39-,41+,42-,43-,45-,46-,47+,48+/m0/s1. The van der Waals surface area contributed by atoms with Crippen molar-refractivity contribution in [3.8, 4) is 0 Å². The molecule has 0 spiro atoms. The molecule has 4 saturated carbocycles. The second kappa shape index (κ2) is 18.5. The molecule has 19 heteroatoms. The van der Waals surface area contributed by atoms with Gasteiger partial charge in [-0.05, 0) is 104 Å². The molecule has 0 unspecified atom stereocenters. The summed E-state index contributed by atoms with van der Waals surface area (Å²) < 4.78 is 35.5. The van der Waals surface area contributed by atoms with E-state index in [0.717, 1.165) is 25.7 Å². The number of allylic oxidation sites excluding steroid dienone is 2. The predicted octanol–water partition coefficient (Wildman–Crippen LogP) is -1.03. The summed E-state index contributed by atoms with van der Waals surface area (Å²) in [6.07, 6.45) is -19.2. The Kier molecular flexibility index (Phi) is 14.4. The Morgan fingerprint density at radius 1 is 0.701 bits per heavy atom. The van der Waals surface area contributed by atoms with E-state index in [0.29, 0.717) is 25.7 Å². The topological polar surface area (TPSA) is 315 Å². The SMILES string of the molecule is C[C@@H]1O[C@@H](O[C@H]2[C@H](OC(=O)[C@H]3C[C@]4(C)C(=CC[C@@H]5[C@@]6(C)C[C@H](O)[C@H](O)[C@@](C)(CO)[C@@H]6CC[C@]54C)[C@@H]4CC(C)(C)CC[C@H]34)O[C@H](CO[C@@H]3O[C@H](CO)[C@@H](O)[C@H](O)[C@H]3O)[C@@H](O)[C@@H]2O)[C@H](O)[C@H](O)[C@H]1O. The molecule has 0 aromatic heterocycles. The second-order valence-corrected chi connectivity index (χ2v) is 23.4. The van der Waals surface area contributed by atoms with Crippen LogP contribution in [0.15, 0.2) is 11.6 Å². The number of esters is 1. The third-order valence-corrected chi connectivity index (χ3v) is 19.2. The molecule has 8 aliphatic rings. The van der Waals surface area contributed by atoms with E-state index in [1.807, 2.05) is 6.92 Å². The van der Waals surface area contributed by atoms with Crippen LogP contribution in [0.1, 0.15) is 99.8 Å². The molecule has 19 nitrogen and oxygen atoms in total. The zero-order valence-electron chi connectivity index (χ0n) is 39.8. The lowest BCUT2D eigenvalue weighted by molar-refractivity contribution is -0.365. The van der Waals surface area contributed by atoms with Gasteiger partial charge in [-0.1, -0.05) is 53.2 Å². The third-order valence-electron chi connectivity index (χ3n) is 19.2. The summed E-state index contributed by atoms with van der Waals surface area (Å²) in [6, 6.07) is 0. The molecule has 5 aliphatic carbocycles. The smallest absolute Gasteiger partial charge is 0.311 e. The molecule has 3 heterocycles. The fourth-order valence-corrected chi connectivity index (χ4v) is 15.0. The lowest BCUT2D eigenvalue weighted by Crippen LogP contribution is -2.68. The number of carbonyl (C=O) groups excluding carboxylic acids is 1. The van der Waals surface area contributed by atoms with Gasteiger partial charge in [-0.3, -0.25) is 4.79 Å². The van der Waals surface area contributed by atoms with Crippen LogP contribution in [0.3, 0.4) is 0 Å². The summed E-state index contributed by atoms with van der Waals surface area (Å²) in [5, 5.41) is 130. The van der Waals surface area contributed by atoms with Crippen LogP contribution in [-0.2, 0) is 33.2 Å². The largest absolute Gasteiger partial charge is 0.432 e. The molecule has 8 rings (SSSR count). The Morgan fingerprint density at radius 3 is 2.01 bits per heavy atom. The zero-order valence-corrected chi connectivity index (χ0v) is 39.8. The van der Waals surface area contributed by atoms with Crippen molar-refractivity contribution in [2.75, 3.05) is 19.8 Å². The molecule has 384 valence electrons. The van der Waals surface area contributed by atoms with Gasteiger partial charge >= 0.3 is 5.97 Å². The van der Waals surface area contributed by atoms with Gasteiger partial charge in [0, 0.05) is 5.41 Å². The van der Waals surface area contributed by atoms with Gasteiger partial charge in [0.25, 0.3) is 0 Å². The average Bonchev–Trinajstić information content (AvgIpc) is 3.27. The highest BCUT2D eigenvalue weighted by Gasteiger charge is 2.70. The maximum atomic E-state index is 15.3. The molecular formula is C48H78O19. The van der Waals surface area contributed by atoms with Crippen molar-refractivity contribution in [3.63, 3.8) is 0 Å². The Labute approximate surface area is 392 Å². The monoisotopic (exact) mass is 959 g/mol. The van der Waals surface area contributed by atoms with Crippen molar-refractivity contribution in [3.05, 3.63) is 11.6 Å². The minimum absolute atomic E-state index is 0.00330. The molecule has 0 bridgehead atoms. The van der Waals surface area contributed by atoms with E-state index in [-0.39, 0.29) is 35.7 Å². The van der Waals surface area contributed by atoms with Crippen molar-refractivity contribution in [2.45, 2.75) is 204 Å². The summed E-state index contributed by atoms with van der Waals surface area (Å²) in [5.41, 5.74) is -1.08. The lowest BCUT2D eigenvalue weighted by Gasteiger charge is -2.71. The van der Waals surface area contributed by atoms with Crippen LogP contribution in [0.2, 0.25) is 0 Å². The number of hydrogen-bond donors (Lipinski definition) is 12. The molecule has 0 aromatic carbocycles. The van der Waals surface area contributed by atoms with E-state index >= 15 is 4.79 Å². The average molecular weight is 959 g/mol. The Balaban J connectivity index is 1.11. The van der Waals surface area contributed by atoms with Crippen LogP contribution in [0.25, 0.3) is 0 Å². The molecule has 0 aromatic rings. The third kappa shape index (κ3) is 8.38. The van der Waals surface area contributed by atoms with E-state index in [4.69, 9.17) is 28.4 Å². The summed E-state index contributed by atoms with van der Waals surface area (Å²) in [6.45, 7) is 12.9. The van der Waals surface area contributed by atoms with Crippen molar-refractivity contribution >= 4 is 5.97 Å². The molecule has 7 fully saturated rings. The highest BCUT2D eigenvalue weighted by Crippen LogP contribution is 2.75. The highest BCUT2D eigenvalue weighted by molar-refractivity contribution is 5.74. The van der Waals surface area contributed by atoms with E-state index in [1.165, 1.54) is 12.5 Å². The van der Waals surface area contributed by atoms with E-state index in [1.54, 1.807) is 0 Å². The fourth-order valence-electron chi connectivity index (χ4n) is 15.0. The van der Waals surface area contributed by atoms with Crippen LogP contribution in [0.5, 0.6) is 0 Å². The molecule has 0 radical (unpaired) electrons. The van der Waals surface area contributed by atoms with Gasteiger partial charge in [-0.2, -0.15) is 0 Å². The number of rotatable bonds is 9. The van der Waals surface area contributed by atoms with Crippen LogP contribution < -0.4 is 0 Å². The van der Waals surface area contributed by atoms with Gasteiger partial charge in [0.1, 0.15) is 61.0 Å². The molecule has 67 heavy (non-hydrogen) atoms. The van der Waals surface area contributed by atoms with Gasteiger partial charge in [0.15, 0.2) is 18.7 Å². The number of hydrogen-bond acceptors (Lipinski definition) is 19. The van der Waals surface area contributed by atoms with E-state index in [9.17, 15) is 61.3 Å². The summed E-state index contributed by atoms with van der Waals surface area (Å²) in [4.78, 5) is 15.3. The molecule has 3 aliphatic heterocycles. The first-order valence-corrected chi connectivity index (χ1v) is 24.5. The Hall–Kier alpha value is -1.47.